The van der Waals surface area contributed by atoms with Crippen molar-refractivity contribution in [2.24, 2.45) is 0 Å². The molecule has 0 N–H and O–H groups in total. The molecule has 0 aromatic heterocycles. The third-order valence-electron chi connectivity index (χ3n) is 1.50. The molecule has 6 heteroatoms. The number of alkyl halides is 3. The van der Waals surface area contributed by atoms with E-state index in [9.17, 15) is 22.4 Å². The summed E-state index contributed by atoms with van der Waals surface area (Å²) in [5.41, 5.74) is -1.68. The molecule has 0 bridgehead atoms. The van der Waals surface area contributed by atoms with Crippen LogP contribution in [0.2, 0.25) is 0 Å². The van der Waals surface area contributed by atoms with E-state index in [0.29, 0.717) is 12.1 Å². The van der Waals surface area contributed by atoms with Crippen LogP contribution in [0.5, 0.6) is 0 Å². The van der Waals surface area contributed by atoms with Crippen LogP contribution in [0.3, 0.4) is 0 Å². The minimum Gasteiger partial charge on any atom is -0.281 e. The van der Waals surface area contributed by atoms with E-state index in [4.69, 9.17) is 0 Å². The molecule has 14 heavy (non-hydrogen) atoms. The van der Waals surface area contributed by atoms with E-state index < -0.39 is 22.2 Å². The summed E-state index contributed by atoms with van der Waals surface area (Å²) in [6, 6.07) is 2.05. The number of benzene rings is 1. The molecule has 0 heterocycles. The van der Waals surface area contributed by atoms with Gasteiger partial charge in [-0.25, -0.2) is 4.39 Å². The number of hydrogen-bond acceptors (Lipinski definition) is 1. The molecular formula is C8H3BrF4O. The van der Waals surface area contributed by atoms with Crippen LogP contribution < -0.4 is 0 Å². The van der Waals surface area contributed by atoms with Crippen LogP contribution in [0.25, 0.3) is 0 Å². The lowest BCUT2D eigenvalue weighted by atomic mass is 10.1. The molecule has 1 aromatic carbocycles. The zero-order chi connectivity index (χ0) is 10.9. The summed E-state index contributed by atoms with van der Waals surface area (Å²) in [6.07, 6.45) is -4.79. The third kappa shape index (κ3) is 2.31. The first-order valence-corrected chi connectivity index (χ1v) is 4.18. The van der Waals surface area contributed by atoms with Gasteiger partial charge in [0, 0.05) is 5.56 Å². The summed E-state index contributed by atoms with van der Waals surface area (Å²) in [5.74, 6) is -1.39. The standard InChI is InChI=1S/C8H3BrF4O/c9-7(14)4-1-2-6(10)5(3-4)8(11,12)13/h1-3H. The zero-order valence-corrected chi connectivity index (χ0v) is 8.12. The summed E-state index contributed by atoms with van der Waals surface area (Å²) in [7, 11) is 0. The average molecular weight is 271 g/mol. The van der Waals surface area contributed by atoms with E-state index >= 15 is 0 Å². The van der Waals surface area contributed by atoms with Crippen LogP contribution in [0.4, 0.5) is 17.6 Å². The Labute approximate surface area is 84.9 Å². The Morgan fingerprint density at radius 2 is 1.86 bits per heavy atom. The molecule has 0 atom stereocenters. The second-order valence-corrected chi connectivity index (χ2v) is 3.19. The van der Waals surface area contributed by atoms with Gasteiger partial charge in [0.2, 0.25) is 4.69 Å². The monoisotopic (exact) mass is 270 g/mol. The lowest BCUT2D eigenvalue weighted by Gasteiger charge is -2.08. The highest BCUT2D eigenvalue weighted by Gasteiger charge is 2.34. The summed E-state index contributed by atoms with van der Waals surface area (Å²) < 4.78 is 48.3. The van der Waals surface area contributed by atoms with Crippen LogP contribution in [-0.4, -0.2) is 4.69 Å². The number of carbonyl (C=O) groups excluding carboxylic acids is 1. The fourth-order valence-electron chi connectivity index (χ4n) is 0.865. The van der Waals surface area contributed by atoms with Crippen molar-refractivity contribution in [3.05, 3.63) is 35.1 Å². The van der Waals surface area contributed by atoms with Crippen molar-refractivity contribution in [1.82, 2.24) is 0 Å². The quantitative estimate of drug-likeness (QED) is 0.565. The Balaban J connectivity index is 3.29. The van der Waals surface area contributed by atoms with Gasteiger partial charge in [0.25, 0.3) is 0 Å². The van der Waals surface area contributed by atoms with Crippen LogP contribution in [0.15, 0.2) is 18.2 Å². The van der Waals surface area contributed by atoms with Gasteiger partial charge in [-0.1, -0.05) is 0 Å². The van der Waals surface area contributed by atoms with Crippen LogP contribution in [0, 0.1) is 5.82 Å². The lowest BCUT2D eigenvalue weighted by molar-refractivity contribution is -0.140. The Morgan fingerprint density at radius 3 is 2.29 bits per heavy atom. The van der Waals surface area contributed by atoms with Gasteiger partial charge in [-0.05, 0) is 34.1 Å². The molecule has 76 valence electrons. The van der Waals surface area contributed by atoms with E-state index in [1.165, 1.54) is 0 Å². The molecule has 0 radical (unpaired) electrons. The highest BCUT2D eigenvalue weighted by atomic mass is 79.9. The fourth-order valence-corrected chi connectivity index (χ4v) is 1.11. The van der Waals surface area contributed by atoms with Crippen LogP contribution in [-0.2, 0) is 6.18 Å². The second-order valence-electron chi connectivity index (χ2n) is 2.47. The minimum absolute atomic E-state index is 0.237. The molecule has 0 amide bonds. The van der Waals surface area contributed by atoms with E-state index in [-0.39, 0.29) is 5.56 Å². The maximum atomic E-state index is 12.7. The molecule has 0 spiro atoms. The Kier molecular flexibility index (Phi) is 2.94. The smallest absolute Gasteiger partial charge is 0.281 e. The van der Waals surface area contributed by atoms with E-state index in [2.05, 4.69) is 15.9 Å². The average Bonchev–Trinajstić information content (AvgIpc) is 2.02. The SMILES string of the molecule is O=C(Br)c1ccc(F)c(C(F)(F)F)c1. The van der Waals surface area contributed by atoms with Crippen molar-refractivity contribution in [1.29, 1.82) is 0 Å². The number of hydrogen-bond donors (Lipinski definition) is 0. The topological polar surface area (TPSA) is 17.1 Å². The molecule has 0 fully saturated rings. The Bertz CT molecular complexity index is 372. The summed E-state index contributed by atoms with van der Waals surface area (Å²) >= 11 is 2.48. The molecule has 1 rings (SSSR count). The van der Waals surface area contributed by atoms with E-state index in [0.717, 1.165) is 6.07 Å². The maximum Gasteiger partial charge on any atom is 0.419 e. The predicted octanol–water partition coefficient (Wildman–Crippen LogP) is 3.38. The van der Waals surface area contributed by atoms with Gasteiger partial charge < -0.3 is 0 Å². The van der Waals surface area contributed by atoms with E-state index in [1.807, 2.05) is 0 Å². The third-order valence-corrected chi connectivity index (χ3v) is 1.96. The van der Waals surface area contributed by atoms with Gasteiger partial charge in [-0.15, -0.1) is 0 Å². The second kappa shape index (κ2) is 3.68. The first kappa shape index (κ1) is 11.2. The van der Waals surface area contributed by atoms with Crippen molar-refractivity contribution in [2.45, 2.75) is 6.18 Å². The summed E-state index contributed by atoms with van der Waals surface area (Å²) in [5, 5.41) is 0. The highest BCUT2D eigenvalue weighted by Crippen LogP contribution is 2.32. The molecular weight excluding hydrogens is 268 g/mol. The first-order chi connectivity index (χ1) is 6.32. The Hall–Kier alpha value is -0.910. The molecule has 0 saturated carbocycles. The molecule has 0 aliphatic rings. The van der Waals surface area contributed by atoms with Crippen molar-refractivity contribution in [2.75, 3.05) is 0 Å². The lowest BCUT2D eigenvalue weighted by Crippen LogP contribution is -2.09. The van der Waals surface area contributed by atoms with Crippen molar-refractivity contribution in [3.8, 4) is 0 Å². The number of carbonyl (C=O) groups is 1. The summed E-state index contributed by atoms with van der Waals surface area (Å²) in [6.45, 7) is 0. The molecule has 1 aromatic rings. The minimum atomic E-state index is -4.79. The van der Waals surface area contributed by atoms with Crippen molar-refractivity contribution >= 4 is 20.6 Å². The first-order valence-electron chi connectivity index (χ1n) is 3.39. The van der Waals surface area contributed by atoms with Crippen molar-refractivity contribution < 1.29 is 22.4 Å². The molecule has 0 saturated heterocycles. The van der Waals surface area contributed by atoms with Gasteiger partial charge >= 0.3 is 6.18 Å². The number of rotatable bonds is 1. The normalized spacial score (nSPS) is 11.5. The fraction of sp³-hybridized carbons (Fsp3) is 0.125. The molecule has 0 unspecified atom stereocenters. The maximum absolute atomic E-state index is 12.7. The highest BCUT2D eigenvalue weighted by molar-refractivity contribution is 9.18. The van der Waals surface area contributed by atoms with Crippen LogP contribution >= 0.6 is 15.9 Å². The van der Waals surface area contributed by atoms with Gasteiger partial charge in [0.15, 0.2) is 0 Å². The van der Waals surface area contributed by atoms with Crippen molar-refractivity contribution in [3.63, 3.8) is 0 Å². The predicted molar refractivity (Wildman–Crippen MR) is 44.7 cm³/mol. The van der Waals surface area contributed by atoms with Gasteiger partial charge in [0.05, 0.1) is 5.56 Å². The molecule has 0 aliphatic carbocycles. The van der Waals surface area contributed by atoms with Gasteiger partial charge in [-0.2, -0.15) is 13.2 Å². The molecule has 0 aliphatic heterocycles. The zero-order valence-electron chi connectivity index (χ0n) is 6.53. The Morgan fingerprint density at radius 1 is 1.29 bits per heavy atom. The molecule has 1 nitrogen and oxygen atoms in total. The van der Waals surface area contributed by atoms with Crippen LogP contribution in [0.1, 0.15) is 15.9 Å². The largest absolute Gasteiger partial charge is 0.419 e. The summed E-state index contributed by atoms with van der Waals surface area (Å²) in [4.78, 5) is 10.7. The number of halogens is 5. The van der Waals surface area contributed by atoms with Gasteiger partial charge in [-0.3, -0.25) is 4.79 Å². The van der Waals surface area contributed by atoms with Gasteiger partial charge in [0.1, 0.15) is 5.82 Å². The van der Waals surface area contributed by atoms with E-state index in [1.54, 1.807) is 0 Å².